The molecular formula is C35H74IN. The van der Waals surface area contributed by atoms with Crippen molar-refractivity contribution in [2.24, 2.45) is 0 Å². The van der Waals surface area contributed by atoms with E-state index in [0.29, 0.717) is 0 Å². The Kier molecular flexibility index (Phi) is 35.4. The maximum atomic E-state index is 2.34. The Morgan fingerprint density at radius 3 is 0.595 bits per heavy atom. The fourth-order valence-corrected chi connectivity index (χ4v) is 6.11. The summed E-state index contributed by atoms with van der Waals surface area (Å²) in [5, 5.41) is 0. The summed E-state index contributed by atoms with van der Waals surface area (Å²) >= 11 is 0. The van der Waals surface area contributed by atoms with Crippen LogP contribution in [0.5, 0.6) is 0 Å². The van der Waals surface area contributed by atoms with Gasteiger partial charge in [0.15, 0.2) is 0 Å². The lowest BCUT2D eigenvalue weighted by Gasteiger charge is -2.40. The van der Waals surface area contributed by atoms with Crippen molar-refractivity contribution in [3.8, 4) is 0 Å². The first-order valence-corrected chi connectivity index (χ1v) is 17.6. The highest BCUT2D eigenvalue weighted by Crippen LogP contribution is 2.21. The average molecular weight is 636 g/mol. The SMILES string of the molecule is CCCCCCCCCCC[N+](CCCCCCCC)(CCCCCCCC)CCCCCCCC.[I-]. The number of rotatable bonds is 31. The van der Waals surface area contributed by atoms with E-state index in [-0.39, 0.29) is 24.0 Å². The molecule has 0 aliphatic rings. The molecule has 0 spiro atoms. The maximum Gasteiger partial charge on any atom is 0.0786 e. The second-order valence-corrected chi connectivity index (χ2v) is 12.4. The van der Waals surface area contributed by atoms with Crippen LogP contribution in [0.3, 0.4) is 0 Å². The molecule has 0 rings (SSSR count). The summed E-state index contributed by atoms with van der Waals surface area (Å²) < 4.78 is 1.48. The molecule has 0 radical (unpaired) electrons. The van der Waals surface area contributed by atoms with Crippen molar-refractivity contribution < 1.29 is 28.5 Å². The van der Waals surface area contributed by atoms with Gasteiger partial charge < -0.3 is 28.5 Å². The zero-order valence-corrected chi connectivity index (χ0v) is 28.9. The molecule has 0 aromatic heterocycles. The third-order valence-electron chi connectivity index (χ3n) is 8.69. The predicted molar refractivity (Wildman–Crippen MR) is 167 cm³/mol. The van der Waals surface area contributed by atoms with Gasteiger partial charge in [0.1, 0.15) is 0 Å². The molecule has 0 bridgehead atoms. The molecule has 0 aromatic carbocycles. The highest BCUT2D eigenvalue weighted by atomic mass is 127. The van der Waals surface area contributed by atoms with E-state index in [2.05, 4.69) is 27.7 Å². The number of unbranched alkanes of at least 4 members (excludes halogenated alkanes) is 23. The number of hydrogen-bond donors (Lipinski definition) is 0. The summed E-state index contributed by atoms with van der Waals surface area (Å²) in [6, 6.07) is 0. The largest absolute Gasteiger partial charge is 1.00 e. The van der Waals surface area contributed by atoms with Crippen LogP contribution in [-0.4, -0.2) is 30.7 Å². The van der Waals surface area contributed by atoms with Gasteiger partial charge in [-0.05, 0) is 51.4 Å². The van der Waals surface area contributed by atoms with E-state index in [9.17, 15) is 0 Å². The number of halogens is 1. The first kappa shape index (κ1) is 39.8. The predicted octanol–water partition coefficient (Wildman–Crippen LogP) is 9.42. The van der Waals surface area contributed by atoms with Crippen molar-refractivity contribution in [2.45, 2.75) is 201 Å². The van der Waals surface area contributed by atoms with Gasteiger partial charge in [-0.15, -0.1) is 0 Å². The molecule has 0 saturated heterocycles. The third-order valence-corrected chi connectivity index (χ3v) is 8.69. The second-order valence-electron chi connectivity index (χ2n) is 12.4. The summed E-state index contributed by atoms with van der Waals surface area (Å²) in [4.78, 5) is 0. The van der Waals surface area contributed by atoms with E-state index < -0.39 is 0 Å². The topological polar surface area (TPSA) is 0 Å². The maximum absolute atomic E-state index is 2.34. The van der Waals surface area contributed by atoms with Crippen molar-refractivity contribution in [2.75, 3.05) is 26.2 Å². The summed E-state index contributed by atoms with van der Waals surface area (Å²) in [5.74, 6) is 0. The Morgan fingerprint density at radius 2 is 0.405 bits per heavy atom. The minimum Gasteiger partial charge on any atom is -1.00 e. The molecule has 1 nitrogen and oxygen atoms in total. The molecule has 0 atom stereocenters. The number of nitrogens with zero attached hydrogens (tertiary/aromatic N) is 1. The lowest BCUT2D eigenvalue weighted by atomic mass is 10.0. The number of quaternary nitrogens is 1. The van der Waals surface area contributed by atoms with E-state index in [4.69, 9.17) is 0 Å². The highest BCUT2D eigenvalue weighted by Gasteiger charge is 2.25. The molecule has 0 aromatic rings. The van der Waals surface area contributed by atoms with Crippen molar-refractivity contribution in [3.05, 3.63) is 0 Å². The fourth-order valence-electron chi connectivity index (χ4n) is 6.11. The molecule has 0 N–H and O–H groups in total. The van der Waals surface area contributed by atoms with Crippen LogP contribution in [0, 0.1) is 0 Å². The van der Waals surface area contributed by atoms with E-state index in [0.717, 1.165) is 0 Å². The minimum absolute atomic E-state index is 0. The first-order valence-electron chi connectivity index (χ1n) is 17.6. The van der Waals surface area contributed by atoms with Crippen molar-refractivity contribution in [1.82, 2.24) is 0 Å². The molecule has 37 heavy (non-hydrogen) atoms. The van der Waals surface area contributed by atoms with Crippen LogP contribution >= 0.6 is 0 Å². The van der Waals surface area contributed by atoms with Crippen LogP contribution in [-0.2, 0) is 0 Å². The summed E-state index contributed by atoms with van der Waals surface area (Å²) in [5.41, 5.74) is 0. The van der Waals surface area contributed by atoms with Crippen molar-refractivity contribution in [1.29, 1.82) is 0 Å². The molecule has 0 unspecified atom stereocenters. The Morgan fingerprint density at radius 1 is 0.243 bits per heavy atom. The van der Waals surface area contributed by atoms with Crippen molar-refractivity contribution >= 4 is 0 Å². The van der Waals surface area contributed by atoms with Crippen LogP contribution in [0.2, 0.25) is 0 Å². The Labute approximate surface area is 254 Å². The first-order chi connectivity index (χ1) is 17.7. The van der Waals surface area contributed by atoms with Gasteiger partial charge in [-0.25, -0.2) is 0 Å². The molecule has 0 amide bonds. The van der Waals surface area contributed by atoms with Gasteiger partial charge in [-0.3, -0.25) is 0 Å². The van der Waals surface area contributed by atoms with E-state index in [1.54, 1.807) is 0 Å². The van der Waals surface area contributed by atoms with Crippen LogP contribution in [0.4, 0.5) is 0 Å². The molecule has 0 fully saturated rings. The zero-order chi connectivity index (χ0) is 26.4. The summed E-state index contributed by atoms with van der Waals surface area (Å²) in [7, 11) is 0. The van der Waals surface area contributed by atoms with Crippen LogP contribution < -0.4 is 24.0 Å². The van der Waals surface area contributed by atoms with Crippen LogP contribution in [0.25, 0.3) is 0 Å². The summed E-state index contributed by atoms with van der Waals surface area (Å²) in [6.07, 6.45) is 39.3. The average Bonchev–Trinajstić information content (AvgIpc) is 2.89. The Hall–Kier alpha value is 0.690. The molecule has 0 heterocycles. The van der Waals surface area contributed by atoms with Gasteiger partial charge in [0.2, 0.25) is 0 Å². The van der Waals surface area contributed by atoms with Gasteiger partial charge in [0.05, 0.1) is 26.2 Å². The summed E-state index contributed by atoms with van der Waals surface area (Å²) in [6.45, 7) is 15.3. The molecule has 226 valence electrons. The van der Waals surface area contributed by atoms with E-state index >= 15 is 0 Å². The molecule has 0 aliphatic carbocycles. The molecular weight excluding hydrogens is 561 g/mol. The quantitative estimate of drug-likeness (QED) is 0.0405. The van der Waals surface area contributed by atoms with Gasteiger partial charge in [-0.2, -0.15) is 0 Å². The van der Waals surface area contributed by atoms with Gasteiger partial charge in [-0.1, -0.05) is 150 Å². The Bertz CT molecular complexity index is 356. The normalized spacial score (nSPS) is 11.7. The van der Waals surface area contributed by atoms with E-state index in [1.165, 1.54) is 204 Å². The molecule has 2 heteroatoms. The van der Waals surface area contributed by atoms with Crippen molar-refractivity contribution in [3.63, 3.8) is 0 Å². The number of hydrogen-bond acceptors (Lipinski definition) is 0. The van der Waals surface area contributed by atoms with Gasteiger partial charge >= 0.3 is 0 Å². The molecule has 0 saturated carbocycles. The van der Waals surface area contributed by atoms with E-state index in [1.807, 2.05) is 0 Å². The standard InChI is InChI=1S/C35H74N.HI/c1-5-9-13-17-21-22-23-27-31-35-36(32-28-24-18-14-10-6-2,33-29-25-19-15-11-7-3)34-30-26-20-16-12-8-4;/h5-35H2,1-4H3;1H/q+1;/p-1. The molecule has 0 aliphatic heterocycles. The monoisotopic (exact) mass is 635 g/mol. The van der Waals surface area contributed by atoms with Crippen LogP contribution in [0.1, 0.15) is 201 Å². The minimum atomic E-state index is 0. The highest BCUT2D eigenvalue weighted by molar-refractivity contribution is 4.55. The smallest absolute Gasteiger partial charge is 0.0786 e. The lowest BCUT2D eigenvalue weighted by Crippen LogP contribution is -3.00. The zero-order valence-electron chi connectivity index (χ0n) is 26.7. The fraction of sp³-hybridized carbons (Fsp3) is 1.00. The second kappa shape index (κ2) is 32.9. The lowest BCUT2D eigenvalue weighted by molar-refractivity contribution is -0.929. The van der Waals surface area contributed by atoms with Gasteiger partial charge in [0.25, 0.3) is 0 Å². The Balaban J connectivity index is 0. The third kappa shape index (κ3) is 28.0. The van der Waals surface area contributed by atoms with Gasteiger partial charge in [0, 0.05) is 0 Å². The van der Waals surface area contributed by atoms with Crippen LogP contribution in [0.15, 0.2) is 0 Å².